The van der Waals surface area contributed by atoms with Crippen LogP contribution in [0.5, 0.6) is 0 Å². The lowest BCUT2D eigenvalue weighted by Gasteiger charge is -2.19. The van der Waals surface area contributed by atoms with E-state index >= 15 is 0 Å². The predicted molar refractivity (Wildman–Crippen MR) is 303 cm³/mol. The van der Waals surface area contributed by atoms with E-state index in [1.807, 2.05) is 4.98 Å². The van der Waals surface area contributed by atoms with Crippen LogP contribution in [0, 0.1) is 0 Å². The zero-order valence-electron chi connectivity index (χ0n) is 47.4. The number of nitrogens with one attached hydrogen (secondary N) is 5. The molecule has 4 amide bonds. The molecule has 48 heteroatoms. The summed E-state index contributed by atoms with van der Waals surface area (Å²) >= 11 is 0. The van der Waals surface area contributed by atoms with E-state index in [2.05, 4.69) is 66.4 Å². The molecule has 19 N–H and O–H groups in total. The molecule has 0 aliphatic carbocycles. The summed E-state index contributed by atoms with van der Waals surface area (Å²) in [5.41, 5.74) is 1.86. The van der Waals surface area contributed by atoms with Gasteiger partial charge in [-0.1, -0.05) is 52.4 Å². The van der Waals surface area contributed by atoms with Crippen LogP contribution < -0.4 is 43.8 Å². The Morgan fingerprint density at radius 2 is 0.956 bits per heavy atom. The fourth-order valence-corrected chi connectivity index (χ4v) is 13.7. The Hall–Kier alpha value is -4.70. The number of hydrogen-bond donors (Lipinski definition) is 18. The molecule has 512 valence electrons. The molecule has 4 rings (SSSR count). The minimum absolute atomic E-state index is 0.0808. The van der Waals surface area contributed by atoms with Crippen molar-refractivity contribution in [3.63, 3.8) is 0 Å². The van der Waals surface area contributed by atoms with Gasteiger partial charge < -0.3 is 96.0 Å². The second-order valence-electron chi connectivity index (χ2n) is 19.0. The number of hydrogen-bond acceptors (Lipinski definition) is 27. The van der Waals surface area contributed by atoms with E-state index in [1.165, 1.54) is 0 Å². The van der Waals surface area contributed by atoms with Crippen molar-refractivity contribution >= 4 is 88.9 Å². The average Bonchev–Trinajstić information content (AvgIpc) is 1.63. The van der Waals surface area contributed by atoms with Gasteiger partial charge in [-0.15, -0.1) is 0 Å². The first-order valence-corrected chi connectivity index (χ1v) is 35.5. The van der Waals surface area contributed by atoms with E-state index < -0.39 is 143 Å². The molecular formula is C42H71N9O33P6. The predicted octanol–water partition coefficient (Wildman–Crippen LogP) is -2.28. The number of unbranched alkanes of at least 4 members (excludes halogenated alkanes) is 6. The number of rotatable bonds is 36. The molecule has 12 atom stereocenters. The van der Waals surface area contributed by atoms with Crippen LogP contribution in [0.15, 0.2) is 38.9 Å². The van der Waals surface area contributed by atoms with E-state index in [1.54, 1.807) is 0 Å². The average molecular weight is 1420 g/mol. The molecule has 0 saturated carbocycles. The van der Waals surface area contributed by atoms with Crippen molar-refractivity contribution < 1.29 is 142 Å². The second-order valence-corrected chi connectivity index (χ2v) is 27.8. The molecule has 0 bridgehead atoms. The number of nitrogens with two attached hydrogens (primary N) is 1. The van der Waals surface area contributed by atoms with Crippen molar-refractivity contribution in [3.8, 4) is 0 Å². The number of ether oxygens (including phenoxy) is 2. The van der Waals surface area contributed by atoms with Gasteiger partial charge in [0.1, 0.15) is 48.8 Å². The monoisotopic (exact) mass is 1420 g/mol. The van der Waals surface area contributed by atoms with E-state index in [4.69, 9.17) is 34.8 Å². The smallest absolute Gasteiger partial charge is 0.387 e. The van der Waals surface area contributed by atoms with Crippen LogP contribution in [-0.4, -0.2) is 178 Å². The lowest BCUT2D eigenvalue weighted by Crippen LogP contribution is -2.35. The number of H-pyrrole nitrogens is 1. The number of aromatic amines is 1. The Morgan fingerprint density at radius 3 is 1.37 bits per heavy atom. The summed E-state index contributed by atoms with van der Waals surface area (Å²) in [6.45, 7) is 2.44. The normalized spacial score (nSPS) is 23.0. The molecule has 2 fully saturated rings. The molecule has 2 aromatic rings. The van der Waals surface area contributed by atoms with Gasteiger partial charge in [0, 0.05) is 76.0 Å². The number of nitrogens with zero attached hydrogens (tertiary/aromatic N) is 3. The molecule has 42 nitrogen and oxygen atoms in total. The highest BCUT2D eigenvalue weighted by atomic mass is 31.3. The number of phosphoric ester groups is 2. The van der Waals surface area contributed by atoms with Crippen molar-refractivity contribution in [2.75, 3.05) is 45.1 Å². The number of amides is 4. The van der Waals surface area contributed by atoms with Crippen LogP contribution in [-0.2, 0) is 82.3 Å². The Balaban J connectivity index is 0.000000470. The lowest BCUT2D eigenvalue weighted by atomic mass is 10.0. The molecule has 4 heterocycles. The molecule has 90 heavy (non-hydrogen) atoms. The first-order valence-electron chi connectivity index (χ1n) is 26.5. The molecule has 12 unspecified atom stereocenters. The molecule has 2 aromatic heterocycles. The van der Waals surface area contributed by atoms with Crippen molar-refractivity contribution in [3.05, 3.63) is 66.9 Å². The third kappa shape index (κ3) is 29.1. The highest BCUT2D eigenvalue weighted by Gasteiger charge is 2.49. The Kier molecular flexibility index (Phi) is 31.9. The summed E-state index contributed by atoms with van der Waals surface area (Å²) < 4.78 is 104. The largest absolute Gasteiger partial charge is 0.490 e. The van der Waals surface area contributed by atoms with Gasteiger partial charge in [0.2, 0.25) is 29.6 Å². The minimum atomic E-state index is -5.82. The van der Waals surface area contributed by atoms with Gasteiger partial charge in [0.25, 0.3) is 11.1 Å². The fourth-order valence-electron chi connectivity index (χ4n) is 7.65. The van der Waals surface area contributed by atoms with Gasteiger partial charge in [-0.25, -0.2) is 32.2 Å². The first-order chi connectivity index (χ1) is 41.7. The van der Waals surface area contributed by atoms with Gasteiger partial charge in [-0.3, -0.25) is 51.9 Å². The second kappa shape index (κ2) is 36.1. The standard InChI is InChI=1S/C21H36N5O16P3.C21H35N4O17P3/c1-2-3-4-5-6-15(27)23-8-9-24-16(28)7-10-26-11-13(20(31)25-21(26)22)19-18(30)17(29)14(40-19)12-39-44(35,36)42-45(37,38)41-43(32,33)34;1-2-3-4-5-6-15(26)22-8-9-23-16(27)7-10-25-11-13(20(30)24-21(25)31)19-18(29)17(28)14(40-19)12-39-44(35,36)42-45(37,38)41-43(32,33)34/h7,10-11,14,17-19,29-30H,2-6,8-9,12H2,1H3,(H,23,27)(H,24,28)(H,35,36)(H,37,38)(H2,22,25,31)(H2,32,33,34);7,10-11,14,17-19,28-29H,2-6,8-9,12H2,1H3,(H,22,26)(H,23,27)(H,35,36)(H,37,38)(H,24,30,31)(H2,32,33,34)/b2*10-7+. The minimum Gasteiger partial charge on any atom is -0.387 e. The molecule has 2 aliphatic rings. The maximum Gasteiger partial charge on any atom is 0.490 e. The number of anilines is 1. The van der Waals surface area contributed by atoms with Gasteiger partial charge in [0.15, 0.2) is 0 Å². The molecule has 2 saturated heterocycles. The van der Waals surface area contributed by atoms with Crippen LogP contribution in [0.4, 0.5) is 5.95 Å². The summed E-state index contributed by atoms with van der Waals surface area (Å²) in [5, 5.41) is 51.8. The van der Waals surface area contributed by atoms with E-state index in [9.17, 15) is 101 Å². The van der Waals surface area contributed by atoms with Gasteiger partial charge in [-0.05, 0) is 12.8 Å². The van der Waals surface area contributed by atoms with Gasteiger partial charge in [-0.2, -0.15) is 22.2 Å². The van der Waals surface area contributed by atoms with Crippen molar-refractivity contribution in [2.45, 2.75) is 127 Å². The Labute approximate surface area is 508 Å². The van der Waals surface area contributed by atoms with Crippen molar-refractivity contribution in [1.82, 2.24) is 40.4 Å². The van der Waals surface area contributed by atoms with Crippen LogP contribution >= 0.6 is 46.9 Å². The van der Waals surface area contributed by atoms with E-state index in [0.717, 1.165) is 97.4 Å². The highest BCUT2D eigenvalue weighted by Crippen LogP contribution is 2.67. The Morgan fingerprint density at radius 1 is 0.567 bits per heavy atom. The number of carbonyl (C=O) groups excluding carboxylic acids is 4. The van der Waals surface area contributed by atoms with Crippen LogP contribution in [0.2, 0.25) is 0 Å². The van der Waals surface area contributed by atoms with Crippen molar-refractivity contribution in [1.29, 1.82) is 0 Å². The van der Waals surface area contributed by atoms with E-state index in [-0.39, 0.29) is 49.5 Å². The number of aliphatic hydroxyl groups is 4. The number of nitrogen functional groups attached to an aromatic ring is 1. The highest BCUT2D eigenvalue weighted by molar-refractivity contribution is 7.67. The Bertz CT molecular complexity index is 3320. The number of aliphatic hydroxyl groups excluding tert-OH is 4. The molecule has 2 aliphatic heterocycles. The number of carbonyl (C=O) groups is 4. The van der Waals surface area contributed by atoms with Crippen LogP contribution in [0.1, 0.15) is 101 Å². The SMILES string of the molecule is CCCCCCC(=O)NCCNC(=O)/C=C/n1cc(C2OC(COP(=O)(O)OP(=O)(O)OP(=O)(O)O)C(O)C2O)c(=O)[nH]c1=O.CCCCCCC(=O)NCCNC(=O)/C=C/n1cc(C2OC(COP(=O)(O)OP(=O)(O)OP(=O)(O)O)C(O)C2O)c(=O)nc1N. The topological polar surface area (TPSA) is 651 Å². The lowest BCUT2D eigenvalue weighted by molar-refractivity contribution is -0.122. The quantitative estimate of drug-likeness (QED) is 0.0194. The zero-order chi connectivity index (χ0) is 68.0. The van der Waals surface area contributed by atoms with Crippen LogP contribution in [0.3, 0.4) is 0 Å². The summed E-state index contributed by atoms with van der Waals surface area (Å²) in [5.74, 6) is -1.91. The molecule has 0 aromatic carbocycles. The van der Waals surface area contributed by atoms with Gasteiger partial charge >= 0.3 is 52.6 Å². The summed E-state index contributed by atoms with van der Waals surface area (Å²) in [6.07, 6.45) is 0.214. The summed E-state index contributed by atoms with van der Waals surface area (Å²) in [7, 11) is -34.0. The molecular weight excluding hydrogens is 1340 g/mol. The van der Waals surface area contributed by atoms with E-state index in [0.29, 0.717) is 12.8 Å². The summed E-state index contributed by atoms with van der Waals surface area (Å²) in [6, 6.07) is 0. The zero-order valence-corrected chi connectivity index (χ0v) is 52.8. The first kappa shape index (κ1) is 79.5. The fraction of sp³-hybridized carbons (Fsp3) is 0.619. The number of phosphoric acid groups is 6. The third-order valence-corrected chi connectivity index (χ3v) is 19.4. The maximum atomic E-state index is 12.5. The van der Waals surface area contributed by atoms with Crippen LogP contribution in [0.25, 0.3) is 12.4 Å². The molecule has 0 spiro atoms. The maximum absolute atomic E-state index is 12.5. The summed E-state index contributed by atoms with van der Waals surface area (Å²) in [4.78, 5) is 162. The molecule has 0 radical (unpaired) electrons. The number of aromatic nitrogens is 4. The third-order valence-electron chi connectivity index (χ3n) is 11.8. The van der Waals surface area contributed by atoms with Crippen molar-refractivity contribution in [2.24, 2.45) is 0 Å². The van der Waals surface area contributed by atoms with Gasteiger partial charge in [0.05, 0.1) is 24.3 Å².